The number of aliphatic hydroxyl groups excluding tert-OH is 1. The minimum atomic E-state index is -1.15. The average molecular weight is 341 g/mol. The number of aliphatic hydroxyl groups is 1. The van der Waals surface area contributed by atoms with Gasteiger partial charge in [-0.3, -0.25) is 0 Å². The minimum absolute atomic E-state index is 0.0421. The van der Waals surface area contributed by atoms with Gasteiger partial charge in [0.15, 0.2) is 0 Å². The Balaban J connectivity index is 2.45. The monoisotopic (exact) mass is 340 g/mol. The second-order valence-corrected chi connectivity index (χ2v) is 6.13. The molecule has 0 aromatic heterocycles. The van der Waals surface area contributed by atoms with Crippen molar-refractivity contribution < 1.29 is 13.9 Å². The molecule has 2 rings (SSSR count). The van der Waals surface area contributed by atoms with Crippen LogP contribution in [0.15, 0.2) is 46.9 Å². The van der Waals surface area contributed by atoms with Gasteiger partial charge in [0.1, 0.15) is 11.6 Å². The predicted molar refractivity (Wildman–Crippen MR) is 78.5 cm³/mol. The van der Waals surface area contributed by atoms with Gasteiger partial charge >= 0.3 is 0 Å². The number of rotatable bonds is 3. The van der Waals surface area contributed by atoms with Crippen LogP contribution in [-0.2, 0) is 5.41 Å². The fraction of sp³-hybridized carbons (Fsp3) is 0.250. The molecule has 2 aromatic rings. The minimum Gasteiger partial charge on any atom is -0.387 e. The van der Waals surface area contributed by atoms with Gasteiger partial charge in [-0.05, 0) is 33.6 Å². The summed E-state index contributed by atoms with van der Waals surface area (Å²) in [6.45, 7) is 3.60. The van der Waals surface area contributed by atoms with E-state index in [4.69, 9.17) is 0 Å². The molecule has 1 nitrogen and oxygen atoms in total. The summed E-state index contributed by atoms with van der Waals surface area (Å²) >= 11 is 2.93. The summed E-state index contributed by atoms with van der Waals surface area (Å²) in [5.41, 5.74) is 0.0809. The molecule has 0 saturated heterocycles. The number of benzene rings is 2. The van der Waals surface area contributed by atoms with Crippen LogP contribution in [0.25, 0.3) is 0 Å². The molecule has 0 aliphatic rings. The summed E-state index contributed by atoms with van der Waals surface area (Å²) in [7, 11) is 0. The summed E-state index contributed by atoms with van der Waals surface area (Å²) in [5, 5.41) is 10.5. The van der Waals surface area contributed by atoms with Crippen molar-refractivity contribution >= 4 is 15.9 Å². The van der Waals surface area contributed by atoms with Crippen LogP contribution >= 0.6 is 15.9 Å². The second kappa shape index (κ2) is 5.62. The summed E-state index contributed by atoms with van der Waals surface area (Å²) in [6.07, 6.45) is -1.15. The third-order valence-electron chi connectivity index (χ3n) is 3.54. The highest BCUT2D eigenvalue weighted by atomic mass is 79.9. The Morgan fingerprint density at radius 3 is 2.25 bits per heavy atom. The molecule has 106 valence electrons. The summed E-state index contributed by atoms with van der Waals surface area (Å²) in [5.74, 6) is -1.22. The van der Waals surface area contributed by atoms with Gasteiger partial charge in [0, 0.05) is 11.0 Å². The van der Waals surface area contributed by atoms with E-state index in [1.54, 1.807) is 13.8 Å². The molecule has 0 fully saturated rings. The second-order valence-electron chi connectivity index (χ2n) is 5.28. The maximum Gasteiger partial charge on any atom is 0.137 e. The average Bonchev–Trinajstić information content (AvgIpc) is 2.43. The predicted octanol–water partition coefficient (Wildman–Crippen LogP) is 4.74. The first-order chi connectivity index (χ1) is 9.34. The molecule has 2 aromatic carbocycles. The highest BCUT2D eigenvalue weighted by Gasteiger charge is 2.33. The molecule has 0 aliphatic heterocycles. The summed E-state index contributed by atoms with van der Waals surface area (Å²) in [4.78, 5) is 0. The van der Waals surface area contributed by atoms with Crippen LogP contribution in [0.2, 0.25) is 0 Å². The van der Waals surface area contributed by atoms with Crippen molar-refractivity contribution in [1.29, 1.82) is 0 Å². The standard InChI is InChI=1S/C16H15BrF2O/c1-16(2,10-6-4-3-5-7-10)15(20)11-8-14(19)12(17)9-13(11)18/h3-9,15,20H,1-2H3. The molecular formula is C16H15BrF2O. The van der Waals surface area contributed by atoms with E-state index in [2.05, 4.69) is 15.9 Å². The van der Waals surface area contributed by atoms with Gasteiger partial charge in [-0.2, -0.15) is 0 Å². The van der Waals surface area contributed by atoms with E-state index in [0.717, 1.165) is 17.7 Å². The van der Waals surface area contributed by atoms with Crippen LogP contribution < -0.4 is 0 Å². The number of hydrogen-bond acceptors (Lipinski definition) is 1. The van der Waals surface area contributed by atoms with Crippen LogP contribution in [0, 0.1) is 11.6 Å². The molecule has 0 radical (unpaired) electrons. The molecular weight excluding hydrogens is 326 g/mol. The maximum absolute atomic E-state index is 14.0. The van der Waals surface area contributed by atoms with Gasteiger partial charge in [-0.25, -0.2) is 8.78 Å². The van der Waals surface area contributed by atoms with Crippen LogP contribution in [0.5, 0.6) is 0 Å². The van der Waals surface area contributed by atoms with E-state index in [-0.39, 0.29) is 10.0 Å². The van der Waals surface area contributed by atoms with Crippen LogP contribution in [0.3, 0.4) is 0 Å². The Morgan fingerprint density at radius 2 is 1.65 bits per heavy atom. The number of hydrogen-bond donors (Lipinski definition) is 1. The topological polar surface area (TPSA) is 20.2 Å². The molecule has 4 heteroatoms. The molecule has 0 bridgehead atoms. The normalized spacial score (nSPS) is 13.3. The molecule has 0 saturated carbocycles. The molecule has 0 heterocycles. The molecule has 0 spiro atoms. The summed E-state index contributed by atoms with van der Waals surface area (Å²) in [6, 6.07) is 11.4. The smallest absolute Gasteiger partial charge is 0.137 e. The largest absolute Gasteiger partial charge is 0.387 e. The third kappa shape index (κ3) is 2.76. The lowest BCUT2D eigenvalue weighted by Gasteiger charge is -2.31. The lowest BCUT2D eigenvalue weighted by atomic mass is 9.76. The van der Waals surface area contributed by atoms with Crippen LogP contribution in [0.4, 0.5) is 8.78 Å². The van der Waals surface area contributed by atoms with E-state index in [1.807, 2.05) is 30.3 Å². The maximum atomic E-state index is 14.0. The van der Waals surface area contributed by atoms with Crippen molar-refractivity contribution in [2.45, 2.75) is 25.4 Å². The fourth-order valence-electron chi connectivity index (χ4n) is 2.16. The molecule has 1 N–H and O–H groups in total. The summed E-state index contributed by atoms with van der Waals surface area (Å²) < 4.78 is 27.6. The van der Waals surface area contributed by atoms with Crippen molar-refractivity contribution in [3.8, 4) is 0 Å². The van der Waals surface area contributed by atoms with Gasteiger partial charge < -0.3 is 5.11 Å². The van der Waals surface area contributed by atoms with Crippen molar-refractivity contribution in [1.82, 2.24) is 0 Å². The van der Waals surface area contributed by atoms with Crippen molar-refractivity contribution in [2.24, 2.45) is 0 Å². The Labute approximate surface area is 125 Å². The fourth-order valence-corrected chi connectivity index (χ4v) is 2.48. The van der Waals surface area contributed by atoms with Gasteiger partial charge in [-0.1, -0.05) is 44.2 Å². The first kappa shape index (κ1) is 15.1. The third-order valence-corrected chi connectivity index (χ3v) is 4.14. The zero-order valence-electron chi connectivity index (χ0n) is 11.2. The lowest BCUT2D eigenvalue weighted by Crippen LogP contribution is -2.27. The first-order valence-corrected chi connectivity index (χ1v) is 7.01. The number of halogens is 3. The van der Waals surface area contributed by atoms with Gasteiger partial charge in [0.2, 0.25) is 0 Å². The van der Waals surface area contributed by atoms with E-state index < -0.39 is 23.2 Å². The Morgan fingerprint density at radius 1 is 1.05 bits per heavy atom. The molecule has 1 unspecified atom stereocenters. The van der Waals surface area contributed by atoms with Gasteiger partial charge in [-0.15, -0.1) is 0 Å². The molecule has 0 amide bonds. The van der Waals surface area contributed by atoms with Gasteiger partial charge in [0.05, 0.1) is 10.6 Å². The van der Waals surface area contributed by atoms with E-state index >= 15 is 0 Å². The van der Waals surface area contributed by atoms with E-state index in [1.165, 1.54) is 0 Å². The van der Waals surface area contributed by atoms with Gasteiger partial charge in [0.25, 0.3) is 0 Å². The molecule has 20 heavy (non-hydrogen) atoms. The Bertz CT molecular complexity index is 611. The van der Waals surface area contributed by atoms with Crippen molar-refractivity contribution in [3.05, 3.63) is 69.7 Å². The zero-order valence-corrected chi connectivity index (χ0v) is 12.8. The highest BCUT2D eigenvalue weighted by molar-refractivity contribution is 9.10. The zero-order chi connectivity index (χ0) is 14.9. The Kier molecular flexibility index (Phi) is 4.25. The van der Waals surface area contributed by atoms with Crippen molar-refractivity contribution in [2.75, 3.05) is 0 Å². The molecule has 0 aliphatic carbocycles. The van der Waals surface area contributed by atoms with Crippen LogP contribution in [0.1, 0.15) is 31.1 Å². The van der Waals surface area contributed by atoms with Crippen molar-refractivity contribution in [3.63, 3.8) is 0 Å². The van der Waals surface area contributed by atoms with E-state index in [9.17, 15) is 13.9 Å². The Hall–Kier alpha value is -1.26. The van der Waals surface area contributed by atoms with Crippen LogP contribution in [-0.4, -0.2) is 5.11 Å². The SMILES string of the molecule is CC(C)(c1ccccc1)C(O)c1cc(F)c(Br)cc1F. The quantitative estimate of drug-likeness (QED) is 0.800. The molecule has 1 atom stereocenters. The highest BCUT2D eigenvalue weighted by Crippen LogP contribution is 2.38. The lowest BCUT2D eigenvalue weighted by molar-refractivity contribution is 0.0962. The first-order valence-electron chi connectivity index (χ1n) is 6.22. The van der Waals surface area contributed by atoms with E-state index in [0.29, 0.717) is 0 Å².